The van der Waals surface area contributed by atoms with Crippen molar-refractivity contribution in [1.29, 1.82) is 0 Å². The van der Waals surface area contributed by atoms with Gasteiger partial charge in [0, 0.05) is 5.38 Å². The van der Waals surface area contributed by atoms with Gasteiger partial charge in [-0.2, -0.15) is 0 Å². The summed E-state index contributed by atoms with van der Waals surface area (Å²) in [7, 11) is 1.26. The molecule has 0 spiro atoms. The van der Waals surface area contributed by atoms with E-state index in [2.05, 4.69) is 41.9 Å². The SMILES string of the molecule is CC(C)=Cc1csc(C(S)(S)SS)n1. The second-order valence-corrected chi connectivity index (χ2v) is 7.50. The molecule has 0 aromatic carbocycles. The minimum atomic E-state index is -0.610. The molecule has 6 heteroatoms. The number of thiol groups is 3. The van der Waals surface area contributed by atoms with Crippen molar-refractivity contribution in [3.63, 3.8) is 0 Å². The molecule has 14 heavy (non-hydrogen) atoms. The third-order valence-corrected chi connectivity index (χ3v) is 5.88. The standard InChI is InChI=1S/C8H11NS5/c1-5(2)3-6-4-13-7(9-6)8(10,11)14-12/h3-4,10-12H,1-2H3. The summed E-state index contributed by atoms with van der Waals surface area (Å²) in [6.45, 7) is 4.09. The highest BCUT2D eigenvalue weighted by Gasteiger charge is 2.25. The molecule has 0 unspecified atom stereocenters. The van der Waals surface area contributed by atoms with Gasteiger partial charge in [-0.3, -0.25) is 0 Å². The molecule has 0 saturated heterocycles. The Kier molecular flexibility index (Phi) is 4.77. The van der Waals surface area contributed by atoms with Crippen molar-refractivity contribution in [2.24, 2.45) is 0 Å². The van der Waals surface area contributed by atoms with E-state index in [1.54, 1.807) is 11.3 Å². The van der Waals surface area contributed by atoms with Gasteiger partial charge in [0.05, 0.1) is 5.69 Å². The van der Waals surface area contributed by atoms with Crippen molar-refractivity contribution in [2.75, 3.05) is 0 Å². The Labute approximate surface area is 108 Å². The second-order valence-electron chi connectivity index (χ2n) is 3.00. The Morgan fingerprint density at radius 2 is 2.21 bits per heavy atom. The molecule has 1 aromatic heterocycles. The fourth-order valence-electron chi connectivity index (χ4n) is 0.837. The van der Waals surface area contributed by atoms with Crippen LogP contribution in [0.25, 0.3) is 6.08 Å². The molecule has 1 rings (SSSR count). The monoisotopic (exact) mass is 281 g/mol. The van der Waals surface area contributed by atoms with E-state index in [4.69, 9.17) is 0 Å². The molecule has 0 aliphatic carbocycles. The van der Waals surface area contributed by atoms with Gasteiger partial charge >= 0.3 is 0 Å². The van der Waals surface area contributed by atoms with Crippen molar-refractivity contribution in [1.82, 2.24) is 4.98 Å². The highest BCUT2D eigenvalue weighted by atomic mass is 33.1. The Balaban J connectivity index is 2.94. The van der Waals surface area contributed by atoms with E-state index in [0.717, 1.165) is 10.7 Å². The quantitative estimate of drug-likeness (QED) is 0.438. The van der Waals surface area contributed by atoms with Gasteiger partial charge in [0.25, 0.3) is 0 Å². The fourth-order valence-corrected chi connectivity index (χ4v) is 2.76. The van der Waals surface area contributed by atoms with Gasteiger partial charge in [0.15, 0.2) is 3.41 Å². The predicted molar refractivity (Wildman–Crippen MR) is 77.7 cm³/mol. The maximum atomic E-state index is 4.41. The van der Waals surface area contributed by atoms with E-state index in [1.165, 1.54) is 16.4 Å². The lowest BCUT2D eigenvalue weighted by atomic mass is 10.3. The zero-order valence-electron chi connectivity index (χ0n) is 7.76. The third-order valence-electron chi connectivity index (χ3n) is 1.36. The minimum absolute atomic E-state index is 0.610. The number of thiazole rings is 1. The molecule has 0 aliphatic heterocycles. The largest absolute Gasteiger partial charge is 0.238 e. The number of nitrogens with zero attached hydrogens (tertiary/aromatic N) is 1. The average molecular weight is 282 g/mol. The topological polar surface area (TPSA) is 12.9 Å². The normalized spacial score (nSPS) is 11.5. The average Bonchev–Trinajstić information content (AvgIpc) is 2.52. The van der Waals surface area contributed by atoms with E-state index in [-0.39, 0.29) is 0 Å². The Morgan fingerprint density at radius 1 is 1.57 bits per heavy atom. The van der Waals surface area contributed by atoms with Crippen LogP contribution in [0.15, 0.2) is 11.0 Å². The van der Waals surface area contributed by atoms with Crippen LogP contribution in [0.1, 0.15) is 24.5 Å². The zero-order chi connectivity index (χ0) is 10.8. The molecule has 0 radical (unpaired) electrons. The highest BCUT2D eigenvalue weighted by Crippen LogP contribution is 2.46. The van der Waals surface area contributed by atoms with Crippen LogP contribution in [-0.4, -0.2) is 4.98 Å². The molecule has 0 saturated carbocycles. The van der Waals surface area contributed by atoms with Crippen LogP contribution in [0, 0.1) is 0 Å². The summed E-state index contributed by atoms with van der Waals surface area (Å²) in [5, 5.41) is 2.85. The smallest absolute Gasteiger partial charge is 0.163 e. The first-order valence-corrected chi connectivity index (χ1v) is 7.48. The highest BCUT2D eigenvalue weighted by molar-refractivity contribution is 8.72. The van der Waals surface area contributed by atoms with Crippen LogP contribution >= 0.6 is 59.0 Å². The van der Waals surface area contributed by atoms with Gasteiger partial charge in [0.1, 0.15) is 5.01 Å². The third kappa shape index (κ3) is 3.41. The van der Waals surface area contributed by atoms with Crippen molar-refractivity contribution >= 4 is 65.1 Å². The van der Waals surface area contributed by atoms with Crippen molar-refractivity contribution in [2.45, 2.75) is 17.3 Å². The van der Waals surface area contributed by atoms with Crippen molar-refractivity contribution in [3.05, 3.63) is 21.7 Å². The molecule has 1 nitrogen and oxygen atoms in total. The van der Waals surface area contributed by atoms with Crippen LogP contribution < -0.4 is 0 Å². The van der Waals surface area contributed by atoms with E-state index in [1.807, 2.05) is 25.3 Å². The van der Waals surface area contributed by atoms with E-state index in [0.29, 0.717) is 0 Å². The Hall–Kier alpha value is 0.770. The molecule has 0 N–H and O–H groups in total. The summed E-state index contributed by atoms with van der Waals surface area (Å²) >= 11 is 14.4. The predicted octanol–water partition coefficient (Wildman–Crippen LogP) is 4.11. The molecular formula is C8H11NS5. The first-order chi connectivity index (χ1) is 6.45. The van der Waals surface area contributed by atoms with Crippen molar-refractivity contribution in [3.8, 4) is 0 Å². The molecular weight excluding hydrogens is 270 g/mol. The van der Waals surface area contributed by atoms with E-state index in [9.17, 15) is 0 Å². The molecule has 0 bridgehead atoms. The van der Waals surface area contributed by atoms with Gasteiger partial charge in [-0.15, -0.1) is 48.3 Å². The summed E-state index contributed by atoms with van der Waals surface area (Å²) < 4.78 is -0.610. The molecule has 1 aromatic rings. The van der Waals surface area contributed by atoms with E-state index < -0.39 is 3.41 Å². The number of rotatable bonds is 3. The number of allylic oxidation sites excluding steroid dienone is 1. The maximum Gasteiger partial charge on any atom is 0.163 e. The molecule has 0 amide bonds. The molecule has 78 valence electrons. The lowest BCUT2D eigenvalue weighted by Gasteiger charge is -2.14. The Bertz CT molecular complexity index is 337. The first kappa shape index (κ1) is 12.8. The van der Waals surface area contributed by atoms with E-state index >= 15 is 0 Å². The molecule has 1 heterocycles. The van der Waals surface area contributed by atoms with Crippen LogP contribution in [0.4, 0.5) is 0 Å². The summed E-state index contributed by atoms with van der Waals surface area (Å²) in [6.07, 6.45) is 2.03. The minimum Gasteiger partial charge on any atom is -0.238 e. The van der Waals surface area contributed by atoms with Crippen LogP contribution in [0.2, 0.25) is 0 Å². The summed E-state index contributed by atoms with van der Waals surface area (Å²) in [5.74, 6) is 0. The second kappa shape index (κ2) is 5.21. The fraction of sp³-hybridized carbons (Fsp3) is 0.375. The summed E-state index contributed by atoms with van der Waals surface area (Å²) in [4.78, 5) is 4.41. The van der Waals surface area contributed by atoms with Crippen LogP contribution in [0.5, 0.6) is 0 Å². The van der Waals surface area contributed by atoms with Gasteiger partial charge in [-0.25, -0.2) is 4.98 Å². The maximum absolute atomic E-state index is 4.41. The summed E-state index contributed by atoms with van der Waals surface area (Å²) in [6, 6.07) is 0. The molecule has 0 aliphatic rings. The summed E-state index contributed by atoms with van der Waals surface area (Å²) in [5.41, 5.74) is 2.18. The van der Waals surface area contributed by atoms with Crippen LogP contribution in [-0.2, 0) is 3.41 Å². The van der Waals surface area contributed by atoms with Gasteiger partial charge < -0.3 is 0 Å². The van der Waals surface area contributed by atoms with Gasteiger partial charge in [0.2, 0.25) is 0 Å². The first-order valence-electron chi connectivity index (χ1n) is 3.84. The number of aromatic nitrogens is 1. The lowest BCUT2D eigenvalue weighted by molar-refractivity contribution is 1.20. The van der Waals surface area contributed by atoms with Gasteiger partial charge in [-0.1, -0.05) is 16.4 Å². The molecule has 0 fully saturated rings. The lowest BCUT2D eigenvalue weighted by Crippen LogP contribution is -2.01. The van der Waals surface area contributed by atoms with Gasteiger partial charge in [-0.05, 0) is 19.9 Å². The number of hydrogen-bond donors (Lipinski definition) is 3. The Morgan fingerprint density at radius 3 is 2.71 bits per heavy atom. The van der Waals surface area contributed by atoms with Crippen LogP contribution in [0.3, 0.4) is 0 Å². The number of hydrogen-bond acceptors (Lipinski definition) is 6. The van der Waals surface area contributed by atoms with Crippen molar-refractivity contribution < 1.29 is 0 Å². The zero-order valence-corrected chi connectivity index (χ0v) is 12.1. The molecule has 0 atom stereocenters.